The minimum atomic E-state index is -1.09. The number of epoxide rings is 1. The smallest absolute Gasteiger partial charge is 0.408 e. The van der Waals surface area contributed by atoms with Crippen molar-refractivity contribution in [2.75, 3.05) is 13.7 Å². The van der Waals surface area contributed by atoms with Crippen LogP contribution in [-0.4, -0.2) is 66.2 Å². The van der Waals surface area contributed by atoms with Crippen LogP contribution >= 0.6 is 0 Å². The summed E-state index contributed by atoms with van der Waals surface area (Å²) < 4.78 is 15.8. The van der Waals surface area contributed by atoms with Crippen LogP contribution in [0.1, 0.15) is 30.5 Å². The molecule has 3 aromatic carbocycles. The SMILES string of the molecule is COc1ccc(C[C@H](NC(=O)[C@@H](C)NC(=O)OCc2ccccc2)C(=O)NC(Cc2ccc(O)cc2)C(=O)C2(C)CO2)cc1. The number of benzene rings is 3. The van der Waals surface area contributed by atoms with E-state index in [2.05, 4.69) is 16.0 Å². The Morgan fingerprint density at radius 2 is 1.39 bits per heavy atom. The molecule has 1 saturated heterocycles. The summed E-state index contributed by atoms with van der Waals surface area (Å²) in [6, 6.07) is 19.4. The Morgan fingerprint density at radius 3 is 1.98 bits per heavy atom. The first kappa shape index (κ1) is 32.0. The van der Waals surface area contributed by atoms with E-state index in [9.17, 15) is 24.3 Å². The van der Waals surface area contributed by atoms with Gasteiger partial charge in [-0.05, 0) is 61.2 Å². The molecule has 3 amide bonds. The Kier molecular flexibility index (Phi) is 10.6. The van der Waals surface area contributed by atoms with Gasteiger partial charge in [0.1, 0.15) is 35.8 Å². The number of ether oxygens (including phenoxy) is 3. The van der Waals surface area contributed by atoms with E-state index in [0.717, 1.165) is 11.1 Å². The largest absolute Gasteiger partial charge is 0.508 e. The van der Waals surface area contributed by atoms with Crippen LogP contribution in [0, 0.1) is 0 Å². The van der Waals surface area contributed by atoms with E-state index in [1.807, 2.05) is 18.2 Å². The number of methoxy groups -OCH3 is 1. The van der Waals surface area contributed by atoms with Gasteiger partial charge in [-0.3, -0.25) is 14.4 Å². The summed E-state index contributed by atoms with van der Waals surface area (Å²) >= 11 is 0. The van der Waals surface area contributed by atoms with Gasteiger partial charge in [0.05, 0.1) is 19.8 Å². The highest BCUT2D eigenvalue weighted by molar-refractivity contribution is 5.98. The van der Waals surface area contributed by atoms with Gasteiger partial charge in [0.15, 0.2) is 5.78 Å². The maximum Gasteiger partial charge on any atom is 0.408 e. The van der Waals surface area contributed by atoms with Crippen LogP contribution in [0.15, 0.2) is 78.9 Å². The third kappa shape index (κ3) is 9.05. The molecule has 0 aliphatic carbocycles. The van der Waals surface area contributed by atoms with E-state index in [1.165, 1.54) is 19.1 Å². The molecule has 1 aliphatic heterocycles. The Labute approximate surface area is 255 Å². The van der Waals surface area contributed by atoms with Crippen molar-refractivity contribution in [1.29, 1.82) is 0 Å². The fraction of sp³-hybridized carbons (Fsp3) is 0.333. The summed E-state index contributed by atoms with van der Waals surface area (Å²) in [4.78, 5) is 52.6. The number of aromatic hydroxyl groups is 1. The Bertz CT molecular complexity index is 1440. The van der Waals surface area contributed by atoms with Crippen molar-refractivity contribution in [2.45, 2.75) is 57.0 Å². The molecule has 0 spiro atoms. The molecule has 1 aliphatic rings. The monoisotopic (exact) mass is 603 g/mol. The van der Waals surface area contributed by atoms with Crippen LogP contribution in [0.2, 0.25) is 0 Å². The van der Waals surface area contributed by atoms with Gasteiger partial charge >= 0.3 is 6.09 Å². The van der Waals surface area contributed by atoms with E-state index in [-0.39, 0.29) is 37.6 Å². The highest BCUT2D eigenvalue weighted by atomic mass is 16.6. The van der Waals surface area contributed by atoms with Crippen LogP contribution < -0.4 is 20.7 Å². The zero-order valence-corrected chi connectivity index (χ0v) is 24.9. The zero-order chi connectivity index (χ0) is 31.7. The average molecular weight is 604 g/mol. The fourth-order valence-electron chi connectivity index (χ4n) is 4.48. The van der Waals surface area contributed by atoms with E-state index >= 15 is 0 Å². The lowest BCUT2D eigenvalue weighted by Crippen LogP contribution is -2.57. The molecule has 0 radical (unpaired) electrons. The Hall–Kier alpha value is -4.90. The van der Waals surface area contributed by atoms with Crippen molar-refractivity contribution >= 4 is 23.7 Å². The zero-order valence-electron chi connectivity index (χ0n) is 24.9. The summed E-state index contributed by atoms with van der Waals surface area (Å²) in [5, 5.41) is 17.7. The molecule has 0 bridgehead atoms. The number of rotatable bonds is 14. The van der Waals surface area contributed by atoms with Gasteiger partial charge in [-0.25, -0.2) is 4.79 Å². The number of phenolic OH excluding ortho intramolecular Hbond substituents is 1. The second-order valence-electron chi connectivity index (χ2n) is 10.9. The molecule has 4 N–H and O–H groups in total. The minimum Gasteiger partial charge on any atom is -0.508 e. The number of hydrogen-bond donors (Lipinski definition) is 4. The highest BCUT2D eigenvalue weighted by Gasteiger charge is 2.50. The molecule has 44 heavy (non-hydrogen) atoms. The molecule has 11 heteroatoms. The molecular weight excluding hydrogens is 566 g/mol. The second-order valence-corrected chi connectivity index (χ2v) is 10.9. The number of nitrogens with one attached hydrogen (secondary N) is 3. The minimum absolute atomic E-state index is 0.0304. The maximum atomic E-state index is 13.7. The third-order valence-electron chi connectivity index (χ3n) is 7.28. The highest BCUT2D eigenvalue weighted by Crippen LogP contribution is 2.29. The molecule has 232 valence electrons. The summed E-state index contributed by atoms with van der Waals surface area (Å²) in [5.74, 6) is -0.803. The molecule has 11 nitrogen and oxygen atoms in total. The summed E-state index contributed by atoms with van der Waals surface area (Å²) in [6.07, 6.45) is -0.538. The summed E-state index contributed by atoms with van der Waals surface area (Å²) in [7, 11) is 1.54. The fourth-order valence-corrected chi connectivity index (χ4v) is 4.48. The number of Topliss-reactive ketones (excluding diaryl/α,β-unsaturated/α-hetero) is 1. The van der Waals surface area contributed by atoms with Crippen molar-refractivity contribution in [1.82, 2.24) is 16.0 Å². The first-order valence-electron chi connectivity index (χ1n) is 14.2. The van der Waals surface area contributed by atoms with Crippen LogP contribution in [0.4, 0.5) is 4.79 Å². The molecule has 1 fully saturated rings. The number of alkyl carbamates (subject to hydrolysis) is 1. The molecule has 4 atom stereocenters. The predicted octanol–water partition coefficient (Wildman–Crippen LogP) is 2.83. The lowest BCUT2D eigenvalue weighted by molar-refractivity contribution is -0.133. The third-order valence-corrected chi connectivity index (χ3v) is 7.28. The predicted molar refractivity (Wildman–Crippen MR) is 161 cm³/mol. The lowest BCUT2D eigenvalue weighted by atomic mass is 9.94. The van der Waals surface area contributed by atoms with Crippen LogP contribution in [-0.2, 0) is 43.3 Å². The maximum absolute atomic E-state index is 13.7. The number of carbonyl (C=O) groups excluding carboxylic acids is 4. The summed E-state index contributed by atoms with van der Waals surface area (Å²) in [5.41, 5.74) is 1.22. The topological polar surface area (TPSA) is 156 Å². The molecule has 0 aromatic heterocycles. The van der Waals surface area contributed by atoms with E-state index in [4.69, 9.17) is 14.2 Å². The van der Waals surface area contributed by atoms with Gasteiger partial charge in [0.25, 0.3) is 0 Å². The average Bonchev–Trinajstić information content (AvgIpc) is 3.79. The molecule has 3 aromatic rings. The van der Waals surface area contributed by atoms with E-state index in [0.29, 0.717) is 11.3 Å². The van der Waals surface area contributed by atoms with Gasteiger partial charge < -0.3 is 35.3 Å². The first-order chi connectivity index (χ1) is 21.1. The normalized spacial score (nSPS) is 17.3. The summed E-state index contributed by atoms with van der Waals surface area (Å²) in [6.45, 7) is 3.40. The quantitative estimate of drug-likeness (QED) is 0.205. The van der Waals surface area contributed by atoms with Gasteiger partial charge in [-0.2, -0.15) is 0 Å². The molecular formula is C33H37N3O8. The molecule has 2 unspecified atom stereocenters. The van der Waals surface area contributed by atoms with Crippen molar-refractivity contribution in [2.24, 2.45) is 0 Å². The van der Waals surface area contributed by atoms with Gasteiger partial charge in [0.2, 0.25) is 11.8 Å². The van der Waals surface area contributed by atoms with E-state index < -0.39 is 41.6 Å². The lowest BCUT2D eigenvalue weighted by Gasteiger charge is -2.25. The first-order valence-corrected chi connectivity index (χ1v) is 14.2. The Morgan fingerprint density at radius 1 is 0.818 bits per heavy atom. The number of carbonyl (C=O) groups is 4. The van der Waals surface area contributed by atoms with Crippen molar-refractivity contribution in [3.05, 3.63) is 95.6 Å². The number of amides is 3. The van der Waals surface area contributed by atoms with Crippen LogP contribution in [0.3, 0.4) is 0 Å². The second kappa shape index (κ2) is 14.5. The molecule has 0 saturated carbocycles. The van der Waals surface area contributed by atoms with Gasteiger partial charge in [-0.1, -0.05) is 54.6 Å². The van der Waals surface area contributed by atoms with Gasteiger partial charge in [-0.15, -0.1) is 0 Å². The van der Waals surface area contributed by atoms with Crippen molar-refractivity contribution in [3.63, 3.8) is 0 Å². The van der Waals surface area contributed by atoms with Crippen molar-refractivity contribution in [3.8, 4) is 11.5 Å². The van der Waals surface area contributed by atoms with Crippen molar-refractivity contribution < 1.29 is 38.5 Å². The molecule has 4 rings (SSSR count). The number of phenols is 1. The standard InChI is InChI=1S/C33H37N3O8/c1-21(34-32(41)43-19-24-7-5-4-6-8-24)30(39)36-28(18-23-11-15-26(42-3)16-12-23)31(40)35-27(29(38)33(2)20-44-33)17-22-9-13-25(37)14-10-22/h4-16,21,27-28,37H,17-20H2,1-3H3,(H,34,41)(H,35,40)(H,36,39)/t21-,27?,28+,33?/m1/s1. The number of ketones is 1. The Balaban J connectivity index is 1.46. The van der Waals surface area contributed by atoms with Crippen LogP contribution in [0.25, 0.3) is 0 Å². The van der Waals surface area contributed by atoms with Gasteiger partial charge in [0, 0.05) is 6.42 Å². The molecule has 1 heterocycles. The van der Waals surface area contributed by atoms with Crippen LogP contribution in [0.5, 0.6) is 11.5 Å². The van der Waals surface area contributed by atoms with E-state index in [1.54, 1.807) is 62.6 Å². The number of hydrogen-bond acceptors (Lipinski definition) is 8.